The van der Waals surface area contributed by atoms with Crippen molar-refractivity contribution in [1.29, 1.82) is 0 Å². The van der Waals surface area contributed by atoms with Crippen LogP contribution in [-0.4, -0.2) is 42.3 Å². The van der Waals surface area contributed by atoms with Gasteiger partial charge < -0.3 is 16.0 Å². The van der Waals surface area contributed by atoms with Gasteiger partial charge in [-0.3, -0.25) is 4.79 Å². The lowest BCUT2D eigenvalue weighted by Crippen LogP contribution is -2.31. The fourth-order valence-electron chi connectivity index (χ4n) is 2.04. The lowest BCUT2D eigenvalue weighted by atomic mass is 10.3. The van der Waals surface area contributed by atoms with Crippen molar-refractivity contribution >= 4 is 28.3 Å². The van der Waals surface area contributed by atoms with Crippen molar-refractivity contribution in [3.63, 3.8) is 0 Å². The minimum Gasteiger partial charge on any atom is -0.364 e. The van der Waals surface area contributed by atoms with Crippen LogP contribution in [-0.2, 0) is 17.1 Å². The maximum Gasteiger partial charge on any atom is 0.265 e. The number of carbonyl (C=O) groups excluding carboxylic acids is 1. The molecule has 0 saturated carbocycles. The Labute approximate surface area is 118 Å². The van der Waals surface area contributed by atoms with E-state index in [0.717, 1.165) is 0 Å². The first-order chi connectivity index (χ1) is 8.32. The van der Waals surface area contributed by atoms with Crippen LogP contribution in [0.2, 0.25) is 0 Å². The molecule has 0 spiro atoms. The van der Waals surface area contributed by atoms with Crippen LogP contribution in [0, 0.1) is 0 Å². The second kappa shape index (κ2) is 5.49. The molecule has 108 valence electrons. The number of carbonyl (C=O) groups is 1. The van der Waals surface area contributed by atoms with Crippen LogP contribution in [0.15, 0.2) is 17.2 Å². The quantitative estimate of drug-likeness (QED) is 0.766. The molecule has 4 N–H and O–H groups in total. The van der Waals surface area contributed by atoms with E-state index in [4.69, 9.17) is 11.5 Å². The predicted molar refractivity (Wildman–Crippen MR) is 72.5 cm³/mol. The molecule has 2 rings (SSSR count). The van der Waals surface area contributed by atoms with Gasteiger partial charge in [-0.15, -0.1) is 12.4 Å². The van der Waals surface area contributed by atoms with Gasteiger partial charge in [0.1, 0.15) is 10.6 Å². The molecule has 1 fully saturated rings. The summed E-state index contributed by atoms with van der Waals surface area (Å²) in [4.78, 5) is 11.2. The summed E-state index contributed by atoms with van der Waals surface area (Å²) in [6.07, 6.45) is 2.04. The monoisotopic (exact) mass is 308 g/mol. The maximum absolute atomic E-state index is 12.3. The highest BCUT2D eigenvalue weighted by Gasteiger charge is 2.32. The van der Waals surface area contributed by atoms with E-state index in [2.05, 4.69) is 0 Å². The first-order valence-corrected chi connectivity index (χ1v) is 6.98. The van der Waals surface area contributed by atoms with Gasteiger partial charge in [0.25, 0.3) is 5.91 Å². The van der Waals surface area contributed by atoms with Crippen molar-refractivity contribution in [3.05, 3.63) is 18.0 Å². The molecule has 0 aliphatic carbocycles. The van der Waals surface area contributed by atoms with Gasteiger partial charge in [-0.05, 0) is 12.5 Å². The van der Waals surface area contributed by atoms with Gasteiger partial charge in [0.05, 0.1) is 0 Å². The first-order valence-electron chi connectivity index (χ1n) is 5.54. The number of aromatic nitrogens is 1. The number of primary amides is 1. The number of sulfonamides is 1. The number of nitrogens with two attached hydrogens (primary N) is 2. The van der Waals surface area contributed by atoms with Crippen LogP contribution >= 0.6 is 12.4 Å². The second-order valence-electron chi connectivity index (χ2n) is 4.45. The molecule has 1 saturated heterocycles. The molecule has 0 aromatic carbocycles. The average molecular weight is 309 g/mol. The Bertz CT molecular complexity index is 584. The van der Waals surface area contributed by atoms with Gasteiger partial charge in [0.15, 0.2) is 0 Å². The fourth-order valence-corrected chi connectivity index (χ4v) is 3.63. The lowest BCUT2D eigenvalue weighted by Gasteiger charge is -2.14. The van der Waals surface area contributed by atoms with E-state index in [9.17, 15) is 13.2 Å². The number of hydrogen-bond acceptors (Lipinski definition) is 4. The Morgan fingerprint density at radius 2 is 2.11 bits per heavy atom. The molecule has 19 heavy (non-hydrogen) atoms. The predicted octanol–water partition coefficient (Wildman–Crippen LogP) is -0.732. The van der Waals surface area contributed by atoms with Crippen LogP contribution in [0.3, 0.4) is 0 Å². The van der Waals surface area contributed by atoms with E-state index in [-0.39, 0.29) is 29.0 Å². The lowest BCUT2D eigenvalue weighted by molar-refractivity contribution is 0.0992. The van der Waals surface area contributed by atoms with Crippen LogP contribution < -0.4 is 11.5 Å². The van der Waals surface area contributed by atoms with Crippen molar-refractivity contribution < 1.29 is 13.2 Å². The molecule has 1 amide bonds. The highest BCUT2D eigenvalue weighted by atomic mass is 35.5. The number of hydrogen-bond donors (Lipinski definition) is 2. The van der Waals surface area contributed by atoms with Crippen LogP contribution in [0.4, 0.5) is 0 Å². The zero-order valence-electron chi connectivity index (χ0n) is 10.4. The van der Waals surface area contributed by atoms with Gasteiger partial charge in [-0.2, -0.15) is 4.31 Å². The second-order valence-corrected chi connectivity index (χ2v) is 6.39. The fraction of sp³-hybridized carbons (Fsp3) is 0.500. The van der Waals surface area contributed by atoms with Gasteiger partial charge >= 0.3 is 0 Å². The molecule has 1 aliphatic rings. The molecule has 2 heterocycles. The summed E-state index contributed by atoms with van der Waals surface area (Å²) >= 11 is 0. The molecule has 0 radical (unpaired) electrons. The van der Waals surface area contributed by atoms with Crippen molar-refractivity contribution in [2.24, 2.45) is 18.5 Å². The number of halogens is 1. The van der Waals surface area contributed by atoms with Crippen LogP contribution in [0.25, 0.3) is 0 Å². The third-order valence-corrected chi connectivity index (χ3v) is 4.89. The molecule has 1 aromatic heterocycles. The van der Waals surface area contributed by atoms with E-state index >= 15 is 0 Å². The van der Waals surface area contributed by atoms with Crippen molar-refractivity contribution in [3.8, 4) is 0 Å². The summed E-state index contributed by atoms with van der Waals surface area (Å²) in [6.45, 7) is 0.716. The number of amides is 1. The third kappa shape index (κ3) is 2.92. The van der Waals surface area contributed by atoms with E-state index in [1.807, 2.05) is 0 Å². The zero-order valence-corrected chi connectivity index (χ0v) is 12.1. The Hall–Kier alpha value is -1.09. The molecule has 9 heteroatoms. The molecule has 0 bridgehead atoms. The Balaban J connectivity index is 0.00000180. The van der Waals surface area contributed by atoms with Gasteiger partial charge in [-0.25, -0.2) is 8.42 Å². The Morgan fingerprint density at radius 3 is 2.53 bits per heavy atom. The molecule has 0 unspecified atom stereocenters. The number of aryl methyl sites for hydroxylation is 1. The minimum atomic E-state index is -3.58. The SMILES string of the molecule is Cl.Cn1cc(S(=O)(=O)N2CC[C@H](N)C2)cc1C(N)=O. The Kier molecular flexibility index (Phi) is 4.62. The normalized spacial score (nSPS) is 20.2. The zero-order chi connectivity index (χ0) is 13.5. The summed E-state index contributed by atoms with van der Waals surface area (Å²) in [5, 5.41) is 0. The molecule has 7 nitrogen and oxygen atoms in total. The minimum absolute atomic E-state index is 0. The number of rotatable bonds is 3. The number of nitrogens with zero attached hydrogens (tertiary/aromatic N) is 2. The highest BCUT2D eigenvalue weighted by Crippen LogP contribution is 2.22. The van der Waals surface area contributed by atoms with E-state index in [1.54, 1.807) is 7.05 Å². The van der Waals surface area contributed by atoms with Crippen LogP contribution in [0.1, 0.15) is 16.9 Å². The molecule has 1 atom stereocenters. The maximum atomic E-state index is 12.3. The summed E-state index contributed by atoms with van der Waals surface area (Å²) in [7, 11) is -2.00. The van der Waals surface area contributed by atoms with E-state index in [1.165, 1.54) is 21.1 Å². The molecule has 1 aliphatic heterocycles. The van der Waals surface area contributed by atoms with Crippen molar-refractivity contribution in [1.82, 2.24) is 8.87 Å². The Morgan fingerprint density at radius 1 is 1.47 bits per heavy atom. The van der Waals surface area contributed by atoms with E-state index in [0.29, 0.717) is 19.5 Å². The topological polar surface area (TPSA) is 111 Å². The van der Waals surface area contributed by atoms with Gasteiger partial charge in [0, 0.05) is 32.4 Å². The summed E-state index contributed by atoms with van der Waals surface area (Å²) in [5.74, 6) is -0.655. The van der Waals surface area contributed by atoms with E-state index < -0.39 is 15.9 Å². The summed E-state index contributed by atoms with van der Waals surface area (Å²) < 4.78 is 27.3. The third-order valence-electron chi connectivity index (χ3n) is 3.06. The van der Waals surface area contributed by atoms with Crippen LogP contribution in [0.5, 0.6) is 0 Å². The smallest absolute Gasteiger partial charge is 0.265 e. The standard InChI is InChI=1S/C10H16N4O3S.ClH/c1-13-6-8(4-9(13)10(12)15)18(16,17)14-3-2-7(11)5-14;/h4,6-7H,2-3,5,11H2,1H3,(H2,12,15);1H/t7-;/m0./s1. The van der Waals surface area contributed by atoms with Crippen molar-refractivity contribution in [2.45, 2.75) is 17.4 Å². The largest absolute Gasteiger partial charge is 0.364 e. The summed E-state index contributed by atoms with van der Waals surface area (Å²) in [6, 6.07) is 1.17. The average Bonchev–Trinajstić information content (AvgIpc) is 2.84. The molecular weight excluding hydrogens is 292 g/mol. The van der Waals surface area contributed by atoms with Gasteiger partial charge in [0.2, 0.25) is 10.0 Å². The first kappa shape index (κ1) is 16.0. The molecular formula is C10H17ClN4O3S. The van der Waals surface area contributed by atoms with Crippen molar-refractivity contribution in [2.75, 3.05) is 13.1 Å². The highest BCUT2D eigenvalue weighted by molar-refractivity contribution is 7.89. The summed E-state index contributed by atoms with van der Waals surface area (Å²) in [5.41, 5.74) is 11.0. The molecule has 1 aromatic rings. The van der Waals surface area contributed by atoms with Gasteiger partial charge in [-0.1, -0.05) is 0 Å².